The van der Waals surface area contributed by atoms with Gasteiger partial charge >= 0.3 is 0 Å². The summed E-state index contributed by atoms with van der Waals surface area (Å²) in [6.45, 7) is 3.92. The van der Waals surface area contributed by atoms with Gasteiger partial charge in [-0.05, 0) is 37.1 Å². The Morgan fingerprint density at radius 2 is 1.93 bits per heavy atom. The minimum Gasteiger partial charge on any atom is -0.454 e. The van der Waals surface area contributed by atoms with Crippen LogP contribution in [0.15, 0.2) is 12.1 Å². The molecule has 4 heteroatoms. The summed E-state index contributed by atoms with van der Waals surface area (Å²) in [6, 6.07) is 3.65. The van der Waals surface area contributed by atoms with Crippen LogP contribution >= 0.6 is 11.6 Å². The first kappa shape index (κ1) is 10.6. The van der Waals surface area contributed by atoms with Crippen LogP contribution in [0.3, 0.4) is 0 Å². The third kappa shape index (κ3) is 1.90. The number of alkyl halides is 1. The van der Waals surface area contributed by atoms with Crippen molar-refractivity contribution in [3.05, 3.63) is 23.3 Å². The van der Waals surface area contributed by atoms with Crippen molar-refractivity contribution in [3.63, 3.8) is 0 Å². The number of hydrogen-bond acceptors (Lipinski definition) is 3. The van der Waals surface area contributed by atoms with E-state index < -0.39 is 6.10 Å². The molecular weight excluding hydrogens is 216 g/mol. The summed E-state index contributed by atoms with van der Waals surface area (Å²) in [4.78, 5) is 0. The van der Waals surface area contributed by atoms with Crippen LogP contribution in [0.25, 0.3) is 0 Å². The quantitative estimate of drug-likeness (QED) is 0.790. The lowest BCUT2D eigenvalue weighted by atomic mass is 10.0. The first-order valence-electron chi connectivity index (χ1n) is 4.82. The van der Waals surface area contributed by atoms with Crippen LogP contribution in [0.4, 0.5) is 0 Å². The second-order valence-electron chi connectivity index (χ2n) is 3.68. The van der Waals surface area contributed by atoms with Crippen molar-refractivity contribution in [1.82, 2.24) is 0 Å². The largest absolute Gasteiger partial charge is 0.454 e. The van der Waals surface area contributed by atoms with Gasteiger partial charge < -0.3 is 14.6 Å². The van der Waals surface area contributed by atoms with E-state index in [0.29, 0.717) is 5.75 Å². The molecule has 0 saturated carbocycles. The molecule has 1 aliphatic heterocycles. The molecule has 15 heavy (non-hydrogen) atoms. The molecule has 0 bridgehead atoms. The number of ether oxygens (including phenoxy) is 2. The molecule has 1 aliphatic rings. The van der Waals surface area contributed by atoms with Gasteiger partial charge in [-0.2, -0.15) is 0 Å². The topological polar surface area (TPSA) is 38.7 Å². The summed E-state index contributed by atoms with van der Waals surface area (Å²) < 4.78 is 10.5. The monoisotopic (exact) mass is 228 g/mol. The van der Waals surface area contributed by atoms with Crippen molar-refractivity contribution in [2.75, 3.05) is 6.79 Å². The van der Waals surface area contributed by atoms with E-state index in [1.54, 1.807) is 13.0 Å². The number of hydrogen-bond donors (Lipinski definition) is 1. The Morgan fingerprint density at radius 3 is 2.53 bits per heavy atom. The molecule has 82 valence electrons. The predicted octanol–water partition coefficient (Wildman–Crippen LogP) is 2.38. The van der Waals surface area contributed by atoms with E-state index in [4.69, 9.17) is 21.1 Å². The van der Waals surface area contributed by atoms with Crippen LogP contribution in [-0.4, -0.2) is 17.3 Å². The average Bonchev–Trinajstić information content (AvgIpc) is 2.62. The average molecular weight is 229 g/mol. The van der Waals surface area contributed by atoms with E-state index in [1.165, 1.54) is 0 Å². The molecule has 1 aromatic carbocycles. The van der Waals surface area contributed by atoms with Crippen molar-refractivity contribution >= 4 is 11.6 Å². The van der Waals surface area contributed by atoms with E-state index in [-0.39, 0.29) is 12.2 Å². The Kier molecular flexibility index (Phi) is 2.76. The zero-order valence-electron chi connectivity index (χ0n) is 8.66. The lowest BCUT2D eigenvalue weighted by molar-refractivity contribution is 0.171. The van der Waals surface area contributed by atoms with Gasteiger partial charge in [-0.15, -0.1) is 11.6 Å². The molecule has 3 nitrogen and oxygen atoms in total. The maximum absolute atomic E-state index is 9.88. The van der Waals surface area contributed by atoms with E-state index >= 15 is 0 Å². The number of aliphatic hydroxyl groups is 1. The van der Waals surface area contributed by atoms with Crippen LogP contribution in [0.1, 0.15) is 24.2 Å². The number of benzene rings is 1. The highest BCUT2D eigenvalue weighted by atomic mass is 35.5. The molecule has 1 N–H and O–H groups in total. The van der Waals surface area contributed by atoms with Gasteiger partial charge in [0, 0.05) is 0 Å². The molecule has 0 amide bonds. The second kappa shape index (κ2) is 3.91. The van der Waals surface area contributed by atoms with Gasteiger partial charge in [-0.25, -0.2) is 0 Å². The van der Waals surface area contributed by atoms with E-state index in [9.17, 15) is 5.11 Å². The van der Waals surface area contributed by atoms with Crippen LogP contribution in [0, 0.1) is 6.92 Å². The van der Waals surface area contributed by atoms with Crippen LogP contribution < -0.4 is 9.47 Å². The first-order valence-corrected chi connectivity index (χ1v) is 5.25. The molecule has 0 saturated heterocycles. The lowest BCUT2D eigenvalue weighted by Crippen LogP contribution is -2.09. The highest BCUT2D eigenvalue weighted by molar-refractivity contribution is 6.20. The number of fused-ring (bicyclic) bond motifs is 1. The summed E-state index contributed by atoms with van der Waals surface area (Å²) in [5, 5.41) is 9.55. The molecule has 0 fully saturated rings. The lowest BCUT2D eigenvalue weighted by Gasteiger charge is -2.16. The van der Waals surface area contributed by atoms with Crippen LogP contribution in [0.2, 0.25) is 0 Å². The van der Waals surface area contributed by atoms with Crippen molar-refractivity contribution < 1.29 is 14.6 Å². The SMILES string of the molecule is Cc1cc2c(cc1C(O)C(C)Cl)OCO2. The number of aliphatic hydroxyl groups excluding tert-OH is 1. The highest BCUT2D eigenvalue weighted by Crippen LogP contribution is 2.37. The standard InChI is InChI=1S/C11H13ClO3/c1-6-3-9-10(15-5-14-9)4-8(6)11(13)7(2)12/h3-4,7,11,13H,5H2,1-2H3. The molecule has 0 spiro atoms. The molecule has 0 aromatic heterocycles. The van der Waals surface area contributed by atoms with Gasteiger partial charge in [0.2, 0.25) is 6.79 Å². The summed E-state index contributed by atoms with van der Waals surface area (Å²) in [5.41, 5.74) is 1.75. The third-order valence-corrected chi connectivity index (χ3v) is 2.75. The molecule has 2 unspecified atom stereocenters. The van der Waals surface area contributed by atoms with Gasteiger partial charge in [-0.1, -0.05) is 0 Å². The van der Waals surface area contributed by atoms with Gasteiger partial charge in [-0.3, -0.25) is 0 Å². The Morgan fingerprint density at radius 1 is 1.33 bits per heavy atom. The molecule has 0 aliphatic carbocycles. The highest BCUT2D eigenvalue weighted by Gasteiger charge is 2.21. The first-order chi connectivity index (χ1) is 7.09. The van der Waals surface area contributed by atoms with Gasteiger partial charge in [0.05, 0.1) is 11.5 Å². The van der Waals surface area contributed by atoms with Crippen LogP contribution in [-0.2, 0) is 0 Å². The fraction of sp³-hybridized carbons (Fsp3) is 0.455. The number of halogens is 1. The molecule has 1 heterocycles. The van der Waals surface area contributed by atoms with Gasteiger partial charge in [0.1, 0.15) is 0 Å². The van der Waals surface area contributed by atoms with Crippen molar-refractivity contribution in [1.29, 1.82) is 0 Å². The zero-order chi connectivity index (χ0) is 11.0. The van der Waals surface area contributed by atoms with Gasteiger partial charge in [0.25, 0.3) is 0 Å². The van der Waals surface area contributed by atoms with Crippen molar-refractivity contribution in [2.45, 2.75) is 25.3 Å². The fourth-order valence-corrected chi connectivity index (χ4v) is 1.76. The molecule has 0 radical (unpaired) electrons. The normalized spacial score (nSPS) is 17.6. The molecule has 2 atom stereocenters. The Labute approximate surface area is 93.6 Å². The predicted molar refractivity (Wildman–Crippen MR) is 57.6 cm³/mol. The fourth-order valence-electron chi connectivity index (χ4n) is 1.63. The number of rotatable bonds is 2. The van der Waals surface area contributed by atoms with E-state index in [1.807, 2.05) is 13.0 Å². The molecule has 2 rings (SSSR count). The van der Waals surface area contributed by atoms with Crippen molar-refractivity contribution in [3.8, 4) is 11.5 Å². The summed E-state index contributed by atoms with van der Waals surface area (Å²) in [7, 11) is 0. The second-order valence-corrected chi connectivity index (χ2v) is 4.37. The summed E-state index contributed by atoms with van der Waals surface area (Å²) in [5.74, 6) is 1.40. The van der Waals surface area contributed by atoms with E-state index in [2.05, 4.69) is 0 Å². The minimum absolute atomic E-state index is 0.241. The van der Waals surface area contributed by atoms with Crippen molar-refractivity contribution in [2.24, 2.45) is 0 Å². The zero-order valence-corrected chi connectivity index (χ0v) is 9.41. The maximum Gasteiger partial charge on any atom is 0.231 e. The summed E-state index contributed by atoms with van der Waals surface area (Å²) in [6.07, 6.45) is -0.679. The number of aryl methyl sites for hydroxylation is 1. The van der Waals surface area contributed by atoms with Crippen LogP contribution in [0.5, 0.6) is 11.5 Å². The van der Waals surface area contributed by atoms with Gasteiger partial charge in [0.15, 0.2) is 11.5 Å². The molecule has 1 aromatic rings. The maximum atomic E-state index is 9.88. The minimum atomic E-state index is -0.679. The summed E-state index contributed by atoms with van der Waals surface area (Å²) >= 11 is 5.86. The Bertz CT molecular complexity index is 376. The smallest absolute Gasteiger partial charge is 0.231 e. The molecular formula is C11H13ClO3. The Hall–Kier alpha value is -0.930. The Balaban J connectivity index is 2.40. The third-order valence-electron chi connectivity index (χ3n) is 2.51. The van der Waals surface area contributed by atoms with E-state index in [0.717, 1.165) is 16.9 Å².